The van der Waals surface area contributed by atoms with Crippen LogP contribution in [0.4, 0.5) is 0 Å². The fourth-order valence-corrected chi connectivity index (χ4v) is 4.99. The average molecular weight is 424 g/mol. The fourth-order valence-electron chi connectivity index (χ4n) is 3.14. The Kier molecular flexibility index (Phi) is 3.80. The van der Waals surface area contributed by atoms with Gasteiger partial charge in [-0.25, -0.2) is 9.98 Å². The molecule has 10 heteroatoms. The molecule has 0 unspecified atom stereocenters. The van der Waals surface area contributed by atoms with Crippen LogP contribution in [0.3, 0.4) is 0 Å². The number of hydrogen-bond donors (Lipinski definition) is 2. The third kappa shape index (κ3) is 2.80. The molecule has 0 bridgehead atoms. The van der Waals surface area contributed by atoms with Crippen LogP contribution in [0.15, 0.2) is 78.6 Å². The number of fused-ring (bicyclic) bond motifs is 2. The highest BCUT2D eigenvalue weighted by molar-refractivity contribution is 7.92. The zero-order valence-electron chi connectivity index (χ0n) is 14.6. The van der Waals surface area contributed by atoms with Gasteiger partial charge in [0.1, 0.15) is 4.21 Å². The number of sulfonamides is 1. The number of rotatable bonds is 3. The van der Waals surface area contributed by atoms with Gasteiger partial charge in [-0.3, -0.25) is 4.57 Å². The summed E-state index contributed by atoms with van der Waals surface area (Å²) >= 11 is 1.06. The summed E-state index contributed by atoms with van der Waals surface area (Å²) in [6.07, 6.45) is 0. The normalized spacial score (nSPS) is 14.7. The molecule has 5 rings (SSSR count). The lowest BCUT2D eigenvalue weighted by atomic mass is 10.2. The smallest absolute Gasteiger partial charge is 0.295 e. The van der Waals surface area contributed by atoms with Gasteiger partial charge in [0.15, 0.2) is 0 Å². The standard InChI is InChI=1S/C19H12N4O4S2/c24-17-12-4-1-2-5-13(12)18(25)23(17)11-7-8-14-15(10-11)21-19(20-14)22-29(26,27)16-6-3-9-28-16/h1-10,24-25H. The first-order valence-corrected chi connectivity index (χ1v) is 10.7. The minimum atomic E-state index is -3.88. The van der Waals surface area contributed by atoms with E-state index in [1.165, 1.54) is 10.6 Å². The van der Waals surface area contributed by atoms with Crippen LogP contribution in [0, 0.1) is 0 Å². The van der Waals surface area contributed by atoms with Crippen molar-refractivity contribution in [1.29, 1.82) is 0 Å². The lowest BCUT2D eigenvalue weighted by Gasteiger charge is -2.05. The number of hydrogen-bond acceptors (Lipinski definition) is 5. The second kappa shape index (κ2) is 6.26. The van der Waals surface area contributed by atoms with Crippen LogP contribution in [0.25, 0.3) is 16.5 Å². The summed E-state index contributed by atoms with van der Waals surface area (Å²) in [5.74, 6) is -0.388. The zero-order chi connectivity index (χ0) is 20.2. The van der Waals surface area contributed by atoms with Crippen LogP contribution in [0.5, 0.6) is 11.8 Å². The minimum absolute atomic E-state index is 0.109. The predicted octanol–water partition coefficient (Wildman–Crippen LogP) is 2.10. The van der Waals surface area contributed by atoms with Crippen LogP contribution in [0.2, 0.25) is 0 Å². The first-order valence-electron chi connectivity index (χ1n) is 8.42. The van der Waals surface area contributed by atoms with Gasteiger partial charge in [-0.2, -0.15) is 8.42 Å². The van der Waals surface area contributed by atoms with Crippen molar-refractivity contribution in [2.75, 3.05) is 0 Å². The van der Waals surface area contributed by atoms with Crippen molar-refractivity contribution in [3.05, 3.63) is 70.7 Å². The van der Waals surface area contributed by atoms with Crippen molar-refractivity contribution in [3.63, 3.8) is 0 Å². The third-order valence-corrected chi connectivity index (χ3v) is 7.07. The molecule has 0 spiro atoms. The third-order valence-electron chi connectivity index (χ3n) is 4.44. The Balaban J connectivity index is 1.63. The Morgan fingerprint density at radius 3 is 2.24 bits per heavy atom. The molecule has 3 heterocycles. The highest BCUT2D eigenvalue weighted by atomic mass is 32.2. The molecule has 2 aromatic carbocycles. The maximum Gasteiger partial charge on any atom is 0.295 e. The van der Waals surface area contributed by atoms with E-state index in [2.05, 4.69) is 14.4 Å². The highest BCUT2D eigenvalue weighted by Gasteiger charge is 2.19. The molecule has 0 aliphatic carbocycles. The first-order chi connectivity index (χ1) is 13.9. The molecule has 1 aliphatic heterocycles. The van der Waals surface area contributed by atoms with E-state index in [1.807, 2.05) is 0 Å². The molecule has 0 fully saturated rings. The number of nitrogens with zero attached hydrogens (tertiary/aromatic N) is 4. The van der Waals surface area contributed by atoms with Gasteiger partial charge in [0.25, 0.3) is 16.0 Å². The summed E-state index contributed by atoms with van der Waals surface area (Å²) in [5.41, 5.74) is 0.455. The van der Waals surface area contributed by atoms with E-state index in [0.29, 0.717) is 27.2 Å². The van der Waals surface area contributed by atoms with Gasteiger partial charge in [0.2, 0.25) is 11.8 Å². The maximum absolute atomic E-state index is 12.3. The van der Waals surface area contributed by atoms with Crippen molar-refractivity contribution in [2.45, 2.75) is 4.21 Å². The van der Waals surface area contributed by atoms with Gasteiger partial charge >= 0.3 is 0 Å². The zero-order valence-corrected chi connectivity index (χ0v) is 16.2. The molecule has 29 heavy (non-hydrogen) atoms. The van der Waals surface area contributed by atoms with E-state index in [-0.39, 0.29) is 21.9 Å². The van der Waals surface area contributed by atoms with Crippen LogP contribution in [0.1, 0.15) is 0 Å². The van der Waals surface area contributed by atoms with Crippen LogP contribution >= 0.6 is 11.3 Å². The number of thiophene rings is 1. The van der Waals surface area contributed by atoms with E-state index >= 15 is 0 Å². The van der Waals surface area contributed by atoms with Crippen molar-refractivity contribution in [2.24, 2.45) is 14.4 Å². The maximum atomic E-state index is 12.3. The van der Waals surface area contributed by atoms with Crippen LogP contribution < -0.4 is 10.7 Å². The highest BCUT2D eigenvalue weighted by Crippen LogP contribution is 2.38. The minimum Gasteiger partial charge on any atom is -0.494 e. The largest absolute Gasteiger partial charge is 0.494 e. The van der Waals surface area contributed by atoms with Crippen LogP contribution in [-0.4, -0.2) is 29.2 Å². The molecule has 0 radical (unpaired) electrons. The Hall–Kier alpha value is -3.50. The molecule has 8 nitrogen and oxygen atoms in total. The number of aromatic hydroxyl groups is 2. The second-order valence-electron chi connectivity index (χ2n) is 6.22. The molecular formula is C19H12N4O4S2. The molecule has 0 amide bonds. The Morgan fingerprint density at radius 2 is 1.59 bits per heavy atom. The quantitative estimate of drug-likeness (QED) is 0.524. The van der Waals surface area contributed by atoms with Gasteiger partial charge in [-0.15, -0.1) is 15.7 Å². The van der Waals surface area contributed by atoms with Gasteiger partial charge < -0.3 is 10.2 Å². The molecule has 4 aromatic rings. The molecule has 2 N–H and O–H groups in total. The number of guanidine groups is 1. The molecule has 0 atom stereocenters. The SMILES string of the molecule is O=S(=O)(N=C1N=c2ccc(-n3c(O)c4ccccc4c3O)cc2=N1)c1cccs1. The Bertz CT molecular complexity index is 1500. The topological polar surface area (TPSA) is 117 Å². The van der Waals surface area contributed by atoms with Crippen LogP contribution in [-0.2, 0) is 10.0 Å². The predicted molar refractivity (Wildman–Crippen MR) is 108 cm³/mol. The summed E-state index contributed by atoms with van der Waals surface area (Å²) in [7, 11) is -3.88. The molecule has 0 saturated heterocycles. The van der Waals surface area contributed by atoms with Gasteiger partial charge in [-0.1, -0.05) is 18.2 Å². The average Bonchev–Trinajstić information content (AvgIpc) is 3.41. The molecule has 144 valence electrons. The molecule has 2 aromatic heterocycles. The molecule has 1 aliphatic rings. The first kappa shape index (κ1) is 17.6. The van der Waals surface area contributed by atoms with Crippen molar-refractivity contribution >= 4 is 38.1 Å². The van der Waals surface area contributed by atoms with Gasteiger partial charge in [-0.05, 0) is 41.8 Å². The monoisotopic (exact) mass is 424 g/mol. The van der Waals surface area contributed by atoms with E-state index in [1.54, 1.807) is 53.9 Å². The van der Waals surface area contributed by atoms with Gasteiger partial charge in [0, 0.05) is 10.8 Å². The van der Waals surface area contributed by atoms with E-state index in [0.717, 1.165) is 11.3 Å². The summed E-state index contributed by atoms with van der Waals surface area (Å²) < 4.78 is 29.7. The Morgan fingerprint density at radius 1 is 0.897 bits per heavy atom. The number of benzene rings is 2. The summed E-state index contributed by atoms with van der Waals surface area (Å²) in [6, 6.07) is 14.9. The summed E-state index contributed by atoms with van der Waals surface area (Å²) in [5, 5.41) is 24.6. The summed E-state index contributed by atoms with van der Waals surface area (Å²) in [4.78, 5) is 8.32. The molecular weight excluding hydrogens is 412 g/mol. The van der Waals surface area contributed by atoms with E-state index in [9.17, 15) is 18.6 Å². The lowest BCUT2D eigenvalue weighted by Crippen LogP contribution is -2.21. The van der Waals surface area contributed by atoms with Gasteiger partial charge in [0.05, 0.1) is 16.4 Å². The van der Waals surface area contributed by atoms with Crippen molar-refractivity contribution in [3.8, 4) is 17.4 Å². The van der Waals surface area contributed by atoms with E-state index < -0.39 is 10.0 Å². The number of aromatic nitrogens is 1. The second-order valence-corrected chi connectivity index (χ2v) is 9.00. The van der Waals surface area contributed by atoms with E-state index in [4.69, 9.17) is 0 Å². The van der Waals surface area contributed by atoms with Crippen molar-refractivity contribution < 1.29 is 18.6 Å². The van der Waals surface area contributed by atoms with Crippen molar-refractivity contribution in [1.82, 2.24) is 4.57 Å². The lowest BCUT2D eigenvalue weighted by molar-refractivity contribution is 0.406. The Labute approximate surface area is 168 Å². The fraction of sp³-hybridized carbons (Fsp3) is 0. The molecule has 0 saturated carbocycles. The summed E-state index contributed by atoms with van der Waals surface area (Å²) in [6.45, 7) is 0.